The maximum atomic E-state index is 14.7. The highest BCUT2D eigenvalue weighted by Crippen LogP contribution is 2.62. The smallest absolute Gasteiger partial charge is 0.415 e. The Balaban J connectivity index is 1.38. The third-order valence-electron chi connectivity index (χ3n) is 12.7. The van der Waals surface area contributed by atoms with E-state index < -0.39 is 34.9 Å². The fraction of sp³-hybridized carbons (Fsp3) is 0.404. The minimum Gasteiger partial charge on any atom is -0.459 e. The maximum Gasteiger partial charge on any atom is 0.415 e. The van der Waals surface area contributed by atoms with Gasteiger partial charge in [-0.1, -0.05) is 97.7 Å². The van der Waals surface area contributed by atoms with Gasteiger partial charge in [-0.3, -0.25) is 15.0 Å². The van der Waals surface area contributed by atoms with Crippen molar-refractivity contribution in [3.63, 3.8) is 0 Å². The highest BCUT2D eigenvalue weighted by molar-refractivity contribution is 6.03. The van der Waals surface area contributed by atoms with Crippen LogP contribution in [0.1, 0.15) is 80.9 Å². The van der Waals surface area contributed by atoms with Gasteiger partial charge in [0.05, 0.1) is 23.2 Å². The summed E-state index contributed by atoms with van der Waals surface area (Å²) in [6.07, 6.45) is 7.33. The van der Waals surface area contributed by atoms with Gasteiger partial charge >= 0.3 is 12.2 Å². The number of rotatable bonds is 22. The number of hydrogen-bond acceptors (Lipinski definition) is 12. The number of nitro groups is 1. The first-order chi connectivity index (χ1) is 32.7. The molecule has 15 nitrogen and oxygen atoms in total. The number of benzene rings is 4. The molecule has 0 bridgehead atoms. The predicted octanol–water partition coefficient (Wildman–Crippen LogP) is 9.63. The second-order valence-electron chi connectivity index (χ2n) is 17.1. The zero-order valence-corrected chi connectivity index (χ0v) is 37.9. The lowest BCUT2D eigenvalue weighted by Crippen LogP contribution is -2.70. The summed E-state index contributed by atoms with van der Waals surface area (Å²) in [5.74, 6) is -1.77. The number of aliphatic hydroxyl groups is 2. The van der Waals surface area contributed by atoms with Crippen LogP contribution >= 0.6 is 0 Å². The van der Waals surface area contributed by atoms with Crippen molar-refractivity contribution in [1.82, 2.24) is 10.2 Å². The number of nitro benzene ring substituents is 1. The quantitative estimate of drug-likeness (QED) is 0.0294. The van der Waals surface area contributed by atoms with E-state index in [0.29, 0.717) is 49.3 Å². The van der Waals surface area contributed by atoms with Crippen LogP contribution in [0, 0.1) is 27.9 Å². The van der Waals surface area contributed by atoms with Gasteiger partial charge in [-0.15, -0.1) is 6.58 Å². The first-order valence-corrected chi connectivity index (χ1v) is 23.2. The SMILES string of the molecule is C=CCO[C@@]12Oc3ccc(OC(=O)NCc4ccccc4)cc3[C@H]3[C@H](CCCCO)[C@@H](CCCCO)C=C(C(=NOCc4ccccc4)C[C@@H]1N(CCC)C(=O)Oc1ccc([N+](=O)[O-])cc1)[C@H]32. The van der Waals surface area contributed by atoms with E-state index in [1.54, 1.807) is 23.1 Å². The average molecular weight is 917 g/mol. The van der Waals surface area contributed by atoms with Crippen LogP contribution in [-0.2, 0) is 22.7 Å². The molecule has 3 N–H and O–H groups in total. The van der Waals surface area contributed by atoms with Crippen molar-refractivity contribution in [2.45, 2.75) is 89.2 Å². The van der Waals surface area contributed by atoms with Gasteiger partial charge in [-0.05, 0) is 91.0 Å². The molecule has 7 rings (SSSR count). The Morgan fingerprint density at radius 3 is 2.28 bits per heavy atom. The van der Waals surface area contributed by atoms with Crippen LogP contribution in [0.4, 0.5) is 15.3 Å². The summed E-state index contributed by atoms with van der Waals surface area (Å²) < 4.78 is 26.2. The summed E-state index contributed by atoms with van der Waals surface area (Å²) in [6.45, 7) is 6.75. The number of non-ortho nitro benzene ring substituents is 1. The number of carbonyl (C=O) groups is 2. The largest absolute Gasteiger partial charge is 0.459 e. The standard InChI is InChI=1S/C52H60N4O11/c1-3-27-55(51(60)66-40-23-21-39(22-24-40)56(61)62)47-33-45(54-64-35-37-17-9-6-10-18-37)43-31-38(19-11-13-28-57)42(20-12-14-29-58)48-44-32-41(65-50(59)53-34-36-15-7-5-8-16-36)25-26-46(44)67-52(47,49(43)48)63-30-4-2/h4-10,15-18,21-26,31-32,38,42,47-49,57-58H,2-3,11-14,19-20,27-30,33-35H2,1H3,(H,53,59)/t38-,42+,47-,48+,49+,52+/m0/s1. The van der Waals surface area contributed by atoms with Crippen LogP contribution in [0.25, 0.3) is 0 Å². The molecule has 0 unspecified atom stereocenters. The lowest BCUT2D eigenvalue weighted by molar-refractivity contribution is -0.384. The molecule has 3 aliphatic rings. The van der Waals surface area contributed by atoms with E-state index in [1.807, 2.05) is 73.7 Å². The predicted molar refractivity (Wildman–Crippen MR) is 252 cm³/mol. The second-order valence-corrected chi connectivity index (χ2v) is 17.1. The lowest BCUT2D eigenvalue weighted by Gasteiger charge is -2.59. The minimum atomic E-state index is -1.57. The number of nitrogens with one attached hydrogen (secondary N) is 1. The molecule has 1 saturated carbocycles. The normalized spacial score (nSPS) is 22.0. The molecule has 0 spiro atoms. The molecular formula is C52H60N4O11. The molecule has 0 saturated heterocycles. The van der Waals surface area contributed by atoms with E-state index in [0.717, 1.165) is 35.1 Å². The Morgan fingerprint density at radius 2 is 1.61 bits per heavy atom. The maximum absolute atomic E-state index is 14.7. The van der Waals surface area contributed by atoms with Gasteiger partial charge in [0.2, 0.25) is 5.79 Å². The highest BCUT2D eigenvalue weighted by Gasteiger charge is 2.65. The van der Waals surface area contributed by atoms with Crippen LogP contribution in [0.2, 0.25) is 0 Å². The van der Waals surface area contributed by atoms with Crippen molar-refractivity contribution in [2.24, 2.45) is 22.9 Å². The molecule has 1 fully saturated rings. The van der Waals surface area contributed by atoms with Crippen molar-refractivity contribution in [3.05, 3.63) is 154 Å². The van der Waals surface area contributed by atoms with Gasteiger partial charge in [0.15, 0.2) is 0 Å². The molecule has 67 heavy (non-hydrogen) atoms. The summed E-state index contributed by atoms with van der Waals surface area (Å²) in [6, 6.07) is 29.0. The van der Waals surface area contributed by atoms with Crippen molar-refractivity contribution in [2.75, 3.05) is 26.4 Å². The number of hydrogen-bond donors (Lipinski definition) is 3. The van der Waals surface area contributed by atoms with Crippen molar-refractivity contribution in [1.29, 1.82) is 0 Å². The number of fused-ring (bicyclic) bond motifs is 2. The number of nitrogens with zero attached hydrogens (tertiary/aromatic N) is 3. The Bertz CT molecular complexity index is 2360. The second kappa shape index (κ2) is 23.3. The fourth-order valence-corrected chi connectivity index (χ4v) is 9.79. The monoisotopic (exact) mass is 916 g/mol. The third-order valence-corrected chi connectivity index (χ3v) is 12.7. The van der Waals surface area contributed by atoms with Crippen molar-refractivity contribution in [3.8, 4) is 17.2 Å². The highest BCUT2D eigenvalue weighted by atomic mass is 16.7. The van der Waals surface area contributed by atoms with E-state index in [1.165, 1.54) is 24.3 Å². The number of allylic oxidation sites excluding steroid dienone is 1. The van der Waals surface area contributed by atoms with Crippen LogP contribution in [0.3, 0.4) is 0 Å². The van der Waals surface area contributed by atoms with Crippen LogP contribution in [0.15, 0.2) is 133 Å². The zero-order chi connectivity index (χ0) is 47.2. The molecule has 15 heteroatoms. The van der Waals surface area contributed by atoms with E-state index in [9.17, 15) is 29.9 Å². The molecular weight excluding hydrogens is 857 g/mol. The molecule has 0 aromatic heterocycles. The lowest BCUT2D eigenvalue weighted by atomic mass is 9.55. The van der Waals surface area contributed by atoms with Crippen LogP contribution < -0.4 is 19.5 Å². The molecule has 2 aliphatic carbocycles. The first kappa shape index (κ1) is 48.4. The van der Waals surface area contributed by atoms with Crippen molar-refractivity contribution >= 4 is 23.6 Å². The van der Waals surface area contributed by atoms with Gasteiger partial charge in [0, 0.05) is 56.3 Å². The summed E-state index contributed by atoms with van der Waals surface area (Å²) in [5.41, 5.74) is 3.90. The van der Waals surface area contributed by atoms with Gasteiger partial charge in [-0.25, -0.2) is 9.59 Å². The number of ether oxygens (including phenoxy) is 4. The summed E-state index contributed by atoms with van der Waals surface area (Å²) in [7, 11) is 0. The van der Waals surface area contributed by atoms with Gasteiger partial charge in [-0.2, -0.15) is 0 Å². The third kappa shape index (κ3) is 11.5. The number of aliphatic hydroxyl groups excluding tert-OH is 2. The Morgan fingerprint density at radius 1 is 0.925 bits per heavy atom. The number of unbranched alkanes of at least 4 members (excludes halogenated alkanes) is 2. The Labute approximate surface area is 391 Å². The molecule has 4 aromatic rings. The van der Waals surface area contributed by atoms with E-state index >= 15 is 0 Å². The Kier molecular flexibility index (Phi) is 16.8. The van der Waals surface area contributed by atoms with Gasteiger partial charge < -0.3 is 39.3 Å². The summed E-state index contributed by atoms with van der Waals surface area (Å²) in [4.78, 5) is 46.7. The van der Waals surface area contributed by atoms with Crippen LogP contribution in [0.5, 0.6) is 17.2 Å². The topological polar surface area (TPSA) is 192 Å². The number of amides is 2. The molecule has 4 aromatic carbocycles. The molecule has 1 heterocycles. The zero-order valence-electron chi connectivity index (χ0n) is 37.9. The molecule has 1 aliphatic heterocycles. The molecule has 2 amide bonds. The first-order valence-electron chi connectivity index (χ1n) is 23.2. The van der Waals surface area contributed by atoms with Crippen molar-refractivity contribution < 1.29 is 48.5 Å². The van der Waals surface area contributed by atoms with Gasteiger partial charge in [0.1, 0.15) is 29.9 Å². The Hall–Kier alpha value is -6.55. The molecule has 0 radical (unpaired) electrons. The van der Waals surface area contributed by atoms with E-state index in [2.05, 4.69) is 18.0 Å². The van der Waals surface area contributed by atoms with E-state index in [4.69, 9.17) is 28.9 Å². The van der Waals surface area contributed by atoms with Crippen LogP contribution in [-0.4, -0.2) is 76.1 Å². The fourth-order valence-electron chi connectivity index (χ4n) is 9.79. The molecule has 6 atom stereocenters. The number of oxime groups is 1. The average Bonchev–Trinajstić information content (AvgIpc) is 3.34. The summed E-state index contributed by atoms with van der Waals surface area (Å²) in [5, 5.41) is 39.1. The number of carbonyl (C=O) groups excluding carboxylic acids is 2. The van der Waals surface area contributed by atoms with E-state index in [-0.39, 0.29) is 75.1 Å². The minimum absolute atomic E-state index is 0.0275. The molecule has 354 valence electrons. The van der Waals surface area contributed by atoms with Gasteiger partial charge in [0.25, 0.3) is 5.69 Å². The summed E-state index contributed by atoms with van der Waals surface area (Å²) >= 11 is 0.